The third-order valence-electron chi connectivity index (χ3n) is 4.78. The summed E-state index contributed by atoms with van der Waals surface area (Å²) in [4.78, 5) is 24.0. The second kappa shape index (κ2) is 8.13. The topological polar surface area (TPSA) is 63.6 Å². The Kier molecular flexibility index (Phi) is 6.18. The third kappa shape index (κ3) is 4.70. The number of esters is 1. The average molecular weight is 330 g/mol. The Morgan fingerprint density at radius 3 is 2.46 bits per heavy atom. The standard InChI is InChI=1S/C20H26O4/c1-13(2)16-10-9-14(3)11-18(16)24-20(23)17(19(21)22)12-15-7-5-4-6-8-15/h4-8,12-14,16,18H,9-11H2,1-3H3,(H,21,22)/b17-12-. The molecule has 1 aromatic rings. The first kappa shape index (κ1) is 18.2. The molecule has 0 saturated heterocycles. The Morgan fingerprint density at radius 1 is 1.21 bits per heavy atom. The maximum absolute atomic E-state index is 12.5. The SMILES string of the molecule is CC1CCC(C(C)C)C(OC(=O)/C(=C\c2ccccc2)C(=O)O)C1. The Morgan fingerprint density at radius 2 is 1.88 bits per heavy atom. The van der Waals surface area contributed by atoms with Crippen LogP contribution in [0.15, 0.2) is 35.9 Å². The fourth-order valence-electron chi connectivity index (χ4n) is 3.38. The molecule has 0 aliphatic heterocycles. The van der Waals surface area contributed by atoms with Crippen molar-refractivity contribution in [1.82, 2.24) is 0 Å². The molecular weight excluding hydrogens is 304 g/mol. The van der Waals surface area contributed by atoms with Gasteiger partial charge in [0.2, 0.25) is 0 Å². The van der Waals surface area contributed by atoms with Gasteiger partial charge < -0.3 is 9.84 Å². The van der Waals surface area contributed by atoms with Crippen molar-refractivity contribution < 1.29 is 19.4 Å². The highest BCUT2D eigenvalue weighted by Crippen LogP contribution is 2.35. The first-order valence-electron chi connectivity index (χ1n) is 8.59. The highest BCUT2D eigenvalue weighted by Gasteiger charge is 2.34. The van der Waals surface area contributed by atoms with E-state index in [0.29, 0.717) is 17.4 Å². The molecule has 1 aliphatic carbocycles. The van der Waals surface area contributed by atoms with E-state index < -0.39 is 11.9 Å². The van der Waals surface area contributed by atoms with E-state index in [1.54, 1.807) is 24.3 Å². The number of carbonyl (C=O) groups excluding carboxylic acids is 1. The summed E-state index contributed by atoms with van der Waals surface area (Å²) in [7, 11) is 0. The summed E-state index contributed by atoms with van der Waals surface area (Å²) in [5.74, 6) is -0.812. The summed E-state index contributed by atoms with van der Waals surface area (Å²) >= 11 is 0. The van der Waals surface area contributed by atoms with Gasteiger partial charge in [0.1, 0.15) is 11.7 Å². The van der Waals surface area contributed by atoms with Crippen LogP contribution in [0.25, 0.3) is 6.08 Å². The Hall–Kier alpha value is -2.10. The molecular formula is C20H26O4. The lowest BCUT2D eigenvalue weighted by atomic mass is 9.75. The van der Waals surface area contributed by atoms with Crippen LogP contribution in [0, 0.1) is 17.8 Å². The minimum atomic E-state index is -1.26. The summed E-state index contributed by atoms with van der Waals surface area (Å²) in [6, 6.07) is 8.96. The van der Waals surface area contributed by atoms with E-state index in [4.69, 9.17) is 4.74 Å². The molecule has 0 heterocycles. The van der Waals surface area contributed by atoms with Gasteiger partial charge in [0, 0.05) is 0 Å². The Bertz CT molecular complexity index is 603. The number of carboxylic acids is 1. The smallest absolute Gasteiger partial charge is 0.345 e. The number of carboxylic acid groups (broad SMARTS) is 1. The van der Waals surface area contributed by atoms with Gasteiger partial charge in [-0.2, -0.15) is 0 Å². The molecule has 2 rings (SSSR count). The number of carbonyl (C=O) groups is 2. The van der Waals surface area contributed by atoms with E-state index in [9.17, 15) is 14.7 Å². The molecule has 3 atom stereocenters. The number of hydrogen-bond donors (Lipinski definition) is 1. The van der Waals surface area contributed by atoms with Gasteiger partial charge in [0.25, 0.3) is 0 Å². The molecule has 1 aliphatic rings. The molecule has 0 amide bonds. The monoisotopic (exact) mass is 330 g/mol. The van der Waals surface area contributed by atoms with Gasteiger partial charge in [0.15, 0.2) is 0 Å². The van der Waals surface area contributed by atoms with Crippen molar-refractivity contribution in [3.8, 4) is 0 Å². The Balaban J connectivity index is 2.18. The fraction of sp³-hybridized carbons (Fsp3) is 0.500. The molecule has 0 bridgehead atoms. The van der Waals surface area contributed by atoms with Crippen molar-refractivity contribution >= 4 is 18.0 Å². The lowest BCUT2D eigenvalue weighted by molar-refractivity contribution is -0.153. The molecule has 0 spiro atoms. The zero-order valence-corrected chi connectivity index (χ0v) is 14.6. The predicted octanol–water partition coefficient (Wildman–Crippen LogP) is 4.16. The number of ether oxygens (including phenoxy) is 1. The molecule has 1 fully saturated rings. The zero-order valence-electron chi connectivity index (χ0n) is 14.6. The largest absolute Gasteiger partial charge is 0.477 e. The maximum Gasteiger partial charge on any atom is 0.345 e. The second-order valence-electron chi connectivity index (χ2n) is 7.04. The van der Waals surface area contributed by atoms with Crippen LogP contribution in [0.3, 0.4) is 0 Å². The molecule has 1 N–H and O–H groups in total. The van der Waals surface area contributed by atoms with E-state index in [0.717, 1.165) is 19.3 Å². The van der Waals surface area contributed by atoms with Crippen molar-refractivity contribution in [2.75, 3.05) is 0 Å². The summed E-state index contributed by atoms with van der Waals surface area (Å²) < 4.78 is 5.64. The summed E-state index contributed by atoms with van der Waals surface area (Å²) in [5.41, 5.74) is 0.353. The van der Waals surface area contributed by atoms with E-state index in [2.05, 4.69) is 20.8 Å². The van der Waals surface area contributed by atoms with E-state index in [1.165, 1.54) is 6.08 Å². The van der Waals surface area contributed by atoms with Crippen LogP contribution >= 0.6 is 0 Å². The van der Waals surface area contributed by atoms with Gasteiger partial charge in [-0.15, -0.1) is 0 Å². The third-order valence-corrected chi connectivity index (χ3v) is 4.78. The minimum absolute atomic E-state index is 0.209. The number of aliphatic carboxylic acids is 1. The van der Waals surface area contributed by atoms with Gasteiger partial charge in [-0.05, 0) is 42.2 Å². The average Bonchev–Trinajstić information content (AvgIpc) is 2.53. The van der Waals surface area contributed by atoms with Crippen LogP contribution in [0.1, 0.15) is 45.6 Å². The number of benzene rings is 1. The van der Waals surface area contributed by atoms with Crippen molar-refractivity contribution in [1.29, 1.82) is 0 Å². The Labute approximate surface area is 143 Å². The van der Waals surface area contributed by atoms with Gasteiger partial charge in [-0.25, -0.2) is 9.59 Å². The summed E-state index contributed by atoms with van der Waals surface area (Å²) in [5, 5.41) is 9.39. The van der Waals surface area contributed by atoms with Gasteiger partial charge in [-0.3, -0.25) is 0 Å². The first-order chi connectivity index (χ1) is 11.4. The second-order valence-corrected chi connectivity index (χ2v) is 7.04. The fourth-order valence-corrected chi connectivity index (χ4v) is 3.38. The lowest BCUT2D eigenvalue weighted by Gasteiger charge is -2.36. The highest BCUT2D eigenvalue weighted by molar-refractivity contribution is 6.17. The normalized spacial score (nSPS) is 24.7. The minimum Gasteiger partial charge on any atom is -0.477 e. The molecule has 1 aromatic carbocycles. The van der Waals surface area contributed by atoms with Crippen LogP contribution in [0.5, 0.6) is 0 Å². The molecule has 4 nitrogen and oxygen atoms in total. The molecule has 4 heteroatoms. The summed E-state index contributed by atoms with van der Waals surface area (Å²) in [6.07, 6.45) is 4.11. The van der Waals surface area contributed by atoms with Crippen molar-refractivity contribution in [2.24, 2.45) is 17.8 Å². The number of hydrogen-bond acceptors (Lipinski definition) is 3. The molecule has 24 heavy (non-hydrogen) atoms. The number of rotatable bonds is 5. The molecule has 1 saturated carbocycles. The zero-order chi connectivity index (χ0) is 17.7. The van der Waals surface area contributed by atoms with Gasteiger partial charge >= 0.3 is 11.9 Å². The quantitative estimate of drug-likeness (QED) is 0.381. The predicted molar refractivity (Wildman–Crippen MR) is 93.3 cm³/mol. The van der Waals surface area contributed by atoms with E-state index in [-0.39, 0.29) is 17.6 Å². The first-order valence-corrected chi connectivity index (χ1v) is 8.59. The van der Waals surface area contributed by atoms with Crippen LogP contribution < -0.4 is 0 Å². The van der Waals surface area contributed by atoms with Crippen LogP contribution in [-0.4, -0.2) is 23.1 Å². The van der Waals surface area contributed by atoms with Crippen molar-refractivity contribution in [3.05, 3.63) is 41.5 Å². The summed E-state index contributed by atoms with van der Waals surface area (Å²) in [6.45, 7) is 6.40. The molecule has 0 aromatic heterocycles. The highest BCUT2D eigenvalue weighted by atomic mass is 16.5. The lowest BCUT2D eigenvalue weighted by Crippen LogP contribution is -2.36. The molecule has 3 unspecified atom stereocenters. The van der Waals surface area contributed by atoms with Crippen molar-refractivity contribution in [2.45, 2.75) is 46.1 Å². The van der Waals surface area contributed by atoms with E-state index in [1.807, 2.05) is 6.07 Å². The van der Waals surface area contributed by atoms with Gasteiger partial charge in [-0.1, -0.05) is 57.5 Å². The maximum atomic E-state index is 12.5. The van der Waals surface area contributed by atoms with Crippen LogP contribution in [-0.2, 0) is 14.3 Å². The van der Waals surface area contributed by atoms with Crippen LogP contribution in [0.4, 0.5) is 0 Å². The van der Waals surface area contributed by atoms with Crippen LogP contribution in [0.2, 0.25) is 0 Å². The molecule has 0 radical (unpaired) electrons. The van der Waals surface area contributed by atoms with E-state index >= 15 is 0 Å². The van der Waals surface area contributed by atoms with Crippen molar-refractivity contribution in [3.63, 3.8) is 0 Å². The van der Waals surface area contributed by atoms with Gasteiger partial charge in [0.05, 0.1) is 0 Å². The molecule has 130 valence electrons.